The number of phenolic OH excluding ortho intramolecular Hbond substituents is 1. The number of phenols is 1. The van der Waals surface area contributed by atoms with E-state index in [0.29, 0.717) is 11.1 Å². The molecule has 0 fully saturated rings. The highest BCUT2D eigenvalue weighted by molar-refractivity contribution is 5.92. The van der Waals surface area contributed by atoms with E-state index in [4.69, 9.17) is 4.74 Å². The second-order valence-corrected chi connectivity index (χ2v) is 10.3. The number of carbonyl (C=O) groups is 3. The number of amides is 3. The number of hydrogen-bond donors (Lipinski definition) is 4. The first-order valence-corrected chi connectivity index (χ1v) is 12.4. The Kier molecular flexibility index (Phi) is 10.5. The van der Waals surface area contributed by atoms with Gasteiger partial charge in [-0.1, -0.05) is 50.2 Å². The zero-order valence-corrected chi connectivity index (χ0v) is 22.4. The smallest absolute Gasteiger partial charge is 0.408 e. The highest BCUT2D eigenvalue weighted by Crippen LogP contribution is 2.27. The average Bonchev–Trinajstić information content (AvgIpc) is 2.82. The number of aromatic hydroxyl groups is 1. The van der Waals surface area contributed by atoms with Crippen LogP contribution in [-0.4, -0.2) is 57.8 Å². The Labute approximate surface area is 218 Å². The zero-order chi connectivity index (χ0) is 27.8. The van der Waals surface area contributed by atoms with E-state index in [2.05, 4.69) is 10.6 Å². The van der Waals surface area contributed by atoms with Crippen LogP contribution >= 0.6 is 0 Å². The quantitative estimate of drug-likeness (QED) is 0.385. The molecule has 202 valence electrons. The summed E-state index contributed by atoms with van der Waals surface area (Å²) in [6, 6.07) is 11.9. The van der Waals surface area contributed by atoms with Crippen molar-refractivity contribution < 1.29 is 29.3 Å². The van der Waals surface area contributed by atoms with Gasteiger partial charge in [0.2, 0.25) is 11.8 Å². The van der Waals surface area contributed by atoms with E-state index in [-0.39, 0.29) is 24.8 Å². The number of nitrogens with one attached hydrogen (secondary N) is 2. The van der Waals surface area contributed by atoms with Crippen LogP contribution in [0.25, 0.3) is 0 Å². The van der Waals surface area contributed by atoms with E-state index in [1.165, 1.54) is 11.0 Å². The first-order valence-electron chi connectivity index (χ1n) is 12.4. The topological polar surface area (TPSA) is 128 Å². The molecular formula is C28H39N3O6. The molecule has 0 aliphatic rings. The molecule has 9 nitrogen and oxygen atoms in total. The van der Waals surface area contributed by atoms with Crippen LogP contribution < -0.4 is 10.6 Å². The van der Waals surface area contributed by atoms with Gasteiger partial charge < -0.3 is 30.5 Å². The van der Waals surface area contributed by atoms with Crippen molar-refractivity contribution in [3.05, 3.63) is 65.2 Å². The summed E-state index contributed by atoms with van der Waals surface area (Å²) in [5, 5.41) is 25.4. The first-order chi connectivity index (χ1) is 17.3. The number of alkyl carbamates (subject to hydrolysis) is 1. The molecule has 0 spiro atoms. The molecule has 3 amide bonds. The minimum absolute atomic E-state index is 0.0545. The van der Waals surface area contributed by atoms with Crippen LogP contribution in [0.15, 0.2) is 48.5 Å². The number of aliphatic hydroxyl groups is 1. The second-order valence-electron chi connectivity index (χ2n) is 10.3. The minimum Gasteiger partial charge on any atom is -0.508 e. The van der Waals surface area contributed by atoms with Gasteiger partial charge in [-0.3, -0.25) is 9.59 Å². The summed E-state index contributed by atoms with van der Waals surface area (Å²) in [5.74, 6) is -1.29. The van der Waals surface area contributed by atoms with E-state index in [0.717, 1.165) is 5.56 Å². The standard InChI is InChI=1S/C28H39N3O6/c1-18(2)23(30-27(36)37-28(4,5)6)26(35)31(14-15-32)24(21-12-13-22(33)19(3)16-21)25(34)29-17-20-10-8-7-9-11-20/h7-13,16,18,23-24,32-33H,14-15,17H2,1-6H3,(H,29,34)(H,30,36). The lowest BCUT2D eigenvalue weighted by Gasteiger charge is -2.35. The van der Waals surface area contributed by atoms with Crippen molar-refractivity contribution in [2.24, 2.45) is 5.92 Å². The van der Waals surface area contributed by atoms with Crippen molar-refractivity contribution in [1.82, 2.24) is 15.5 Å². The fraction of sp³-hybridized carbons (Fsp3) is 0.464. The van der Waals surface area contributed by atoms with Crippen LogP contribution in [0.3, 0.4) is 0 Å². The molecule has 0 aromatic heterocycles. The van der Waals surface area contributed by atoms with E-state index < -0.39 is 42.2 Å². The van der Waals surface area contributed by atoms with Gasteiger partial charge in [0.15, 0.2) is 0 Å². The molecule has 37 heavy (non-hydrogen) atoms. The molecule has 9 heteroatoms. The van der Waals surface area contributed by atoms with E-state index in [9.17, 15) is 24.6 Å². The molecule has 2 unspecified atom stereocenters. The SMILES string of the molecule is Cc1cc(C(C(=O)NCc2ccccc2)N(CCO)C(=O)C(NC(=O)OC(C)(C)C)C(C)C)ccc1O. The summed E-state index contributed by atoms with van der Waals surface area (Å²) >= 11 is 0. The average molecular weight is 514 g/mol. The van der Waals surface area contributed by atoms with Crippen molar-refractivity contribution in [2.75, 3.05) is 13.2 Å². The van der Waals surface area contributed by atoms with E-state index in [1.807, 2.05) is 30.3 Å². The maximum atomic E-state index is 13.8. The Morgan fingerprint density at radius 1 is 1.05 bits per heavy atom. The summed E-state index contributed by atoms with van der Waals surface area (Å²) in [5.41, 5.74) is 1.11. The molecule has 4 N–H and O–H groups in total. The maximum Gasteiger partial charge on any atom is 0.408 e. The lowest BCUT2D eigenvalue weighted by Crippen LogP contribution is -2.55. The molecular weight excluding hydrogens is 474 g/mol. The van der Waals surface area contributed by atoms with Crippen molar-refractivity contribution in [2.45, 2.75) is 65.8 Å². The van der Waals surface area contributed by atoms with Crippen molar-refractivity contribution in [3.8, 4) is 5.75 Å². The lowest BCUT2D eigenvalue weighted by atomic mass is 9.97. The molecule has 0 bridgehead atoms. The van der Waals surface area contributed by atoms with Gasteiger partial charge in [0, 0.05) is 13.1 Å². The fourth-order valence-electron chi connectivity index (χ4n) is 3.80. The predicted molar refractivity (Wildman–Crippen MR) is 141 cm³/mol. The van der Waals surface area contributed by atoms with Gasteiger partial charge in [-0.05, 0) is 62.4 Å². The minimum atomic E-state index is -1.12. The summed E-state index contributed by atoms with van der Waals surface area (Å²) in [6.45, 7) is 10.1. The summed E-state index contributed by atoms with van der Waals surface area (Å²) in [7, 11) is 0. The fourth-order valence-corrected chi connectivity index (χ4v) is 3.80. The van der Waals surface area contributed by atoms with Crippen molar-refractivity contribution in [3.63, 3.8) is 0 Å². The first kappa shape index (κ1) is 29.6. The van der Waals surface area contributed by atoms with Gasteiger partial charge in [-0.15, -0.1) is 0 Å². The number of benzene rings is 2. The molecule has 0 heterocycles. The number of aliphatic hydroxyl groups excluding tert-OH is 1. The third kappa shape index (κ3) is 8.78. The van der Waals surface area contributed by atoms with Crippen molar-refractivity contribution >= 4 is 17.9 Å². The van der Waals surface area contributed by atoms with Crippen LogP contribution in [-0.2, 0) is 20.9 Å². The van der Waals surface area contributed by atoms with Crippen molar-refractivity contribution in [1.29, 1.82) is 0 Å². The van der Waals surface area contributed by atoms with E-state index >= 15 is 0 Å². The van der Waals surface area contributed by atoms with Gasteiger partial charge in [0.1, 0.15) is 23.4 Å². The van der Waals surface area contributed by atoms with Gasteiger partial charge in [-0.25, -0.2) is 4.79 Å². The molecule has 0 radical (unpaired) electrons. The predicted octanol–water partition coefficient (Wildman–Crippen LogP) is 3.43. The molecule has 2 atom stereocenters. The molecule has 2 aromatic rings. The molecule has 0 aliphatic heterocycles. The van der Waals surface area contributed by atoms with Gasteiger partial charge in [0.25, 0.3) is 0 Å². The largest absolute Gasteiger partial charge is 0.508 e. The second kappa shape index (κ2) is 13.1. The zero-order valence-electron chi connectivity index (χ0n) is 22.4. The summed E-state index contributed by atoms with van der Waals surface area (Å²) < 4.78 is 5.34. The Morgan fingerprint density at radius 2 is 1.70 bits per heavy atom. The molecule has 0 saturated heterocycles. The third-order valence-corrected chi connectivity index (χ3v) is 5.64. The van der Waals surface area contributed by atoms with Crippen LogP contribution in [0.2, 0.25) is 0 Å². The van der Waals surface area contributed by atoms with Gasteiger partial charge >= 0.3 is 6.09 Å². The van der Waals surface area contributed by atoms with Crippen LogP contribution in [0.4, 0.5) is 4.79 Å². The normalized spacial score (nSPS) is 13.0. The number of nitrogens with zero attached hydrogens (tertiary/aromatic N) is 1. The summed E-state index contributed by atoms with van der Waals surface area (Å²) in [6.07, 6.45) is -0.756. The van der Waals surface area contributed by atoms with Crippen LogP contribution in [0.1, 0.15) is 57.4 Å². The summed E-state index contributed by atoms with van der Waals surface area (Å²) in [4.78, 5) is 41.2. The Bertz CT molecular complexity index is 1070. The molecule has 0 aliphatic carbocycles. The number of aryl methyl sites for hydroxylation is 1. The monoisotopic (exact) mass is 513 g/mol. The number of ether oxygens (including phenoxy) is 1. The molecule has 0 saturated carbocycles. The van der Waals surface area contributed by atoms with Gasteiger partial charge in [0.05, 0.1) is 6.61 Å². The number of rotatable bonds is 10. The number of hydrogen-bond acceptors (Lipinski definition) is 6. The number of carbonyl (C=O) groups excluding carboxylic acids is 3. The Hall–Kier alpha value is -3.59. The highest BCUT2D eigenvalue weighted by atomic mass is 16.6. The van der Waals surface area contributed by atoms with Gasteiger partial charge in [-0.2, -0.15) is 0 Å². The Morgan fingerprint density at radius 3 is 2.24 bits per heavy atom. The third-order valence-electron chi connectivity index (χ3n) is 5.64. The van der Waals surface area contributed by atoms with Crippen LogP contribution in [0, 0.1) is 12.8 Å². The lowest BCUT2D eigenvalue weighted by molar-refractivity contribution is -0.144. The molecule has 2 rings (SSSR count). The maximum absolute atomic E-state index is 13.8. The van der Waals surface area contributed by atoms with E-state index in [1.54, 1.807) is 53.7 Å². The molecule has 2 aromatic carbocycles. The highest BCUT2D eigenvalue weighted by Gasteiger charge is 2.37. The van der Waals surface area contributed by atoms with Crippen LogP contribution in [0.5, 0.6) is 5.75 Å². The Balaban J connectivity index is 2.44.